The number of amides is 1. The molecule has 2 aromatic carbocycles. The van der Waals surface area contributed by atoms with Crippen LogP contribution in [0.15, 0.2) is 36.4 Å². The molecule has 9 nitrogen and oxygen atoms in total. The Labute approximate surface area is 181 Å². The van der Waals surface area contributed by atoms with Gasteiger partial charge >= 0.3 is 0 Å². The largest absolute Gasteiger partial charge is 0.497 e. The molecule has 0 aromatic heterocycles. The number of hydrogen-bond acceptors (Lipinski definition) is 7. The molecule has 1 aliphatic heterocycles. The van der Waals surface area contributed by atoms with Crippen LogP contribution in [-0.4, -0.2) is 54.6 Å². The van der Waals surface area contributed by atoms with E-state index in [9.17, 15) is 13.2 Å². The van der Waals surface area contributed by atoms with Crippen LogP contribution in [0.2, 0.25) is 0 Å². The van der Waals surface area contributed by atoms with Crippen LogP contribution in [0, 0.1) is 0 Å². The molecule has 168 valence electrons. The molecular weight excluding hydrogens is 424 g/mol. The Balaban J connectivity index is 1.63. The summed E-state index contributed by atoms with van der Waals surface area (Å²) < 4.78 is 47.4. The normalized spacial score (nSPS) is 12.7. The second-order valence-electron chi connectivity index (χ2n) is 6.88. The molecule has 1 N–H and O–H groups in total. The number of carbonyl (C=O) groups excluding carboxylic acids is 1. The van der Waals surface area contributed by atoms with E-state index in [1.165, 1.54) is 11.4 Å². The summed E-state index contributed by atoms with van der Waals surface area (Å²) in [5.74, 6) is 1.91. The Kier molecular flexibility index (Phi) is 7.11. The molecule has 3 rings (SSSR count). The Morgan fingerprint density at radius 2 is 1.81 bits per heavy atom. The Hall–Kier alpha value is -3.14. The minimum Gasteiger partial charge on any atom is -0.497 e. The van der Waals surface area contributed by atoms with E-state index < -0.39 is 10.0 Å². The van der Waals surface area contributed by atoms with E-state index in [0.717, 1.165) is 6.26 Å². The van der Waals surface area contributed by atoms with Crippen LogP contribution in [0.4, 0.5) is 11.4 Å². The average Bonchev–Trinajstić information content (AvgIpc) is 2.75. The highest BCUT2D eigenvalue weighted by Gasteiger charge is 2.21. The lowest BCUT2D eigenvalue weighted by Gasteiger charge is -2.25. The summed E-state index contributed by atoms with van der Waals surface area (Å²) in [5.41, 5.74) is 0.976. The smallest absolute Gasteiger partial charge is 0.232 e. The van der Waals surface area contributed by atoms with Crippen LogP contribution in [0.3, 0.4) is 0 Å². The number of methoxy groups -OCH3 is 2. The third-order valence-electron chi connectivity index (χ3n) is 4.66. The maximum Gasteiger partial charge on any atom is 0.232 e. The first-order valence-corrected chi connectivity index (χ1v) is 11.6. The molecule has 0 saturated carbocycles. The van der Waals surface area contributed by atoms with Crippen molar-refractivity contribution in [1.29, 1.82) is 0 Å². The second-order valence-corrected chi connectivity index (χ2v) is 8.79. The first-order chi connectivity index (χ1) is 14.8. The number of carbonyl (C=O) groups is 1. The van der Waals surface area contributed by atoms with Gasteiger partial charge in [0.05, 0.1) is 31.9 Å². The number of rotatable bonds is 9. The van der Waals surface area contributed by atoms with Crippen molar-refractivity contribution in [2.24, 2.45) is 0 Å². The van der Waals surface area contributed by atoms with Gasteiger partial charge in [0.25, 0.3) is 0 Å². The van der Waals surface area contributed by atoms with E-state index in [2.05, 4.69) is 5.32 Å². The molecule has 0 fully saturated rings. The molecule has 10 heteroatoms. The van der Waals surface area contributed by atoms with Crippen LogP contribution in [0.1, 0.15) is 12.8 Å². The van der Waals surface area contributed by atoms with Gasteiger partial charge in [-0.15, -0.1) is 0 Å². The topological polar surface area (TPSA) is 103 Å². The predicted octanol–water partition coefficient (Wildman–Crippen LogP) is 2.66. The summed E-state index contributed by atoms with van der Waals surface area (Å²) in [6.07, 6.45) is 1.59. The van der Waals surface area contributed by atoms with E-state index in [-0.39, 0.29) is 18.9 Å². The molecular formula is C21H26N2O7S. The van der Waals surface area contributed by atoms with E-state index in [4.69, 9.17) is 18.9 Å². The highest BCUT2D eigenvalue weighted by Crippen LogP contribution is 2.35. The van der Waals surface area contributed by atoms with Gasteiger partial charge in [-0.3, -0.25) is 9.10 Å². The second kappa shape index (κ2) is 9.78. The minimum atomic E-state index is -3.55. The van der Waals surface area contributed by atoms with Crippen molar-refractivity contribution in [3.05, 3.63) is 36.4 Å². The van der Waals surface area contributed by atoms with Gasteiger partial charge in [-0.25, -0.2) is 8.42 Å². The Morgan fingerprint density at radius 1 is 1.06 bits per heavy atom. The Bertz CT molecular complexity index is 1040. The van der Waals surface area contributed by atoms with Gasteiger partial charge in [0, 0.05) is 25.1 Å². The van der Waals surface area contributed by atoms with Crippen molar-refractivity contribution in [3.8, 4) is 23.0 Å². The van der Waals surface area contributed by atoms with E-state index in [1.807, 2.05) is 0 Å². The zero-order valence-electron chi connectivity index (χ0n) is 17.7. The molecule has 0 unspecified atom stereocenters. The van der Waals surface area contributed by atoms with Gasteiger partial charge in [-0.05, 0) is 30.7 Å². The molecule has 1 heterocycles. The van der Waals surface area contributed by atoms with Crippen LogP contribution >= 0.6 is 0 Å². The highest BCUT2D eigenvalue weighted by molar-refractivity contribution is 7.92. The maximum absolute atomic E-state index is 12.4. The van der Waals surface area contributed by atoms with Gasteiger partial charge in [-0.2, -0.15) is 0 Å². The third kappa shape index (κ3) is 5.72. The molecule has 2 aromatic rings. The van der Waals surface area contributed by atoms with Gasteiger partial charge in [-0.1, -0.05) is 0 Å². The number of fused-ring (bicyclic) bond motifs is 1. The molecule has 0 aliphatic carbocycles. The number of anilines is 2. The maximum atomic E-state index is 12.4. The zero-order valence-corrected chi connectivity index (χ0v) is 18.5. The minimum absolute atomic E-state index is 0.131. The van der Waals surface area contributed by atoms with Crippen molar-refractivity contribution in [2.75, 3.05) is 49.9 Å². The van der Waals surface area contributed by atoms with Crippen molar-refractivity contribution in [2.45, 2.75) is 12.8 Å². The van der Waals surface area contributed by atoms with Crippen molar-refractivity contribution in [1.82, 2.24) is 0 Å². The molecule has 0 spiro atoms. The molecule has 0 radical (unpaired) electrons. The highest BCUT2D eigenvalue weighted by atomic mass is 32.2. The van der Waals surface area contributed by atoms with E-state index >= 15 is 0 Å². The number of nitrogens with one attached hydrogen (secondary N) is 1. The van der Waals surface area contributed by atoms with Crippen LogP contribution < -0.4 is 28.6 Å². The quantitative estimate of drug-likeness (QED) is 0.626. The third-order valence-corrected chi connectivity index (χ3v) is 5.86. The summed E-state index contributed by atoms with van der Waals surface area (Å²) in [6, 6.07) is 10.1. The summed E-state index contributed by atoms with van der Waals surface area (Å²) >= 11 is 0. The zero-order chi connectivity index (χ0) is 22.4. The number of hydrogen-bond donors (Lipinski definition) is 1. The summed E-state index contributed by atoms with van der Waals surface area (Å²) in [7, 11) is -0.503. The standard InChI is InChI=1S/C21H26N2O7S/c1-27-16-7-8-17(19(14-16)28-2)22-21(24)5-4-10-23(31(3,25)26)15-6-9-18-20(13-15)30-12-11-29-18/h6-9,13-14H,4-5,10-12H2,1-3H3,(H,22,24). The Morgan fingerprint density at radius 3 is 2.48 bits per heavy atom. The predicted molar refractivity (Wildman–Crippen MR) is 117 cm³/mol. The van der Waals surface area contributed by atoms with Crippen molar-refractivity contribution >= 4 is 27.3 Å². The van der Waals surface area contributed by atoms with Crippen LogP contribution in [0.25, 0.3) is 0 Å². The number of benzene rings is 2. The molecule has 0 atom stereocenters. The molecule has 31 heavy (non-hydrogen) atoms. The summed E-state index contributed by atoms with van der Waals surface area (Å²) in [5, 5.41) is 2.78. The number of sulfonamides is 1. The van der Waals surface area contributed by atoms with Gasteiger partial charge in [0.2, 0.25) is 15.9 Å². The van der Waals surface area contributed by atoms with Crippen molar-refractivity contribution < 1.29 is 32.2 Å². The number of ether oxygens (including phenoxy) is 4. The lowest BCUT2D eigenvalue weighted by Crippen LogP contribution is -2.31. The fraction of sp³-hybridized carbons (Fsp3) is 0.381. The molecule has 1 aliphatic rings. The first-order valence-electron chi connectivity index (χ1n) is 9.71. The van der Waals surface area contributed by atoms with E-state index in [0.29, 0.717) is 54.0 Å². The fourth-order valence-electron chi connectivity index (χ4n) is 3.17. The molecule has 1 amide bonds. The van der Waals surface area contributed by atoms with Crippen LogP contribution in [0.5, 0.6) is 23.0 Å². The monoisotopic (exact) mass is 450 g/mol. The SMILES string of the molecule is COc1ccc(NC(=O)CCCN(c2ccc3c(c2)OCCO3)S(C)(=O)=O)c(OC)c1. The van der Waals surface area contributed by atoms with E-state index in [1.54, 1.807) is 43.5 Å². The average molecular weight is 451 g/mol. The lowest BCUT2D eigenvalue weighted by molar-refractivity contribution is -0.116. The van der Waals surface area contributed by atoms with Crippen molar-refractivity contribution in [3.63, 3.8) is 0 Å². The first kappa shape index (κ1) is 22.5. The van der Waals surface area contributed by atoms with Crippen LogP contribution in [-0.2, 0) is 14.8 Å². The fourth-order valence-corrected chi connectivity index (χ4v) is 4.13. The lowest BCUT2D eigenvalue weighted by atomic mass is 10.2. The summed E-state index contributed by atoms with van der Waals surface area (Å²) in [6.45, 7) is 1.01. The van der Waals surface area contributed by atoms with Gasteiger partial charge < -0.3 is 24.3 Å². The molecule has 0 bridgehead atoms. The molecule has 0 saturated heterocycles. The van der Waals surface area contributed by atoms with Gasteiger partial charge in [0.15, 0.2) is 11.5 Å². The summed E-state index contributed by atoms with van der Waals surface area (Å²) in [4.78, 5) is 12.4. The number of nitrogens with zero attached hydrogens (tertiary/aromatic N) is 1. The van der Waals surface area contributed by atoms with Gasteiger partial charge in [0.1, 0.15) is 24.7 Å².